The molecule has 0 radical (unpaired) electrons. The monoisotopic (exact) mass is 245 g/mol. The SMILES string of the molecule is CCNC(C)c1cccc(SCC(F)F)c1. The summed E-state index contributed by atoms with van der Waals surface area (Å²) >= 11 is 1.20. The minimum atomic E-state index is -2.25. The van der Waals surface area contributed by atoms with Crippen molar-refractivity contribution < 1.29 is 8.78 Å². The number of rotatable bonds is 6. The van der Waals surface area contributed by atoms with Crippen molar-refractivity contribution in [2.24, 2.45) is 0 Å². The Morgan fingerprint density at radius 2 is 2.12 bits per heavy atom. The summed E-state index contributed by atoms with van der Waals surface area (Å²) in [6.07, 6.45) is -2.25. The number of benzene rings is 1. The summed E-state index contributed by atoms with van der Waals surface area (Å²) in [6.45, 7) is 5.02. The molecule has 0 spiro atoms. The van der Waals surface area contributed by atoms with Gasteiger partial charge in [0.05, 0.1) is 5.75 Å². The molecule has 0 heterocycles. The maximum Gasteiger partial charge on any atom is 0.247 e. The van der Waals surface area contributed by atoms with Gasteiger partial charge < -0.3 is 5.32 Å². The molecule has 1 aromatic carbocycles. The Hall–Kier alpha value is -0.610. The molecule has 0 aliphatic rings. The van der Waals surface area contributed by atoms with E-state index in [4.69, 9.17) is 0 Å². The topological polar surface area (TPSA) is 12.0 Å². The van der Waals surface area contributed by atoms with Crippen molar-refractivity contribution >= 4 is 11.8 Å². The molecule has 90 valence electrons. The summed E-state index contributed by atoms with van der Waals surface area (Å²) in [5, 5.41) is 3.30. The average molecular weight is 245 g/mol. The van der Waals surface area contributed by atoms with Crippen molar-refractivity contribution in [1.29, 1.82) is 0 Å². The summed E-state index contributed by atoms with van der Waals surface area (Å²) in [7, 11) is 0. The lowest BCUT2D eigenvalue weighted by Gasteiger charge is -2.13. The largest absolute Gasteiger partial charge is 0.310 e. The second kappa shape index (κ2) is 6.86. The van der Waals surface area contributed by atoms with E-state index in [0.29, 0.717) is 0 Å². The fourth-order valence-electron chi connectivity index (χ4n) is 1.46. The van der Waals surface area contributed by atoms with E-state index in [1.54, 1.807) is 0 Å². The Labute approximate surface area is 99.6 Å². The summed E-state index contributed by atoms with van der Waals surface area (Å²) in [4.78, 5) is 0.905. The molecule has 0 aliphatic carbocycles. The Bertz CT molecular complexity index is 318. The number of alkyl halides is 2. The number of hydrogen-bond acceptors (Lipinski definition) is 2. The number of thioether (sulfide) groups is 1. The molecule has 0 bridgehead atoms. The minimum Gasteiger partial charge on any atom is -0.310 e. The second-order valence-electron chi connectivity index (χ2n) is 3.55. The van der Waals surface area contributed by atoms with Crippen molar-refractivity contribution in [1.82, 2.24) is 5.32 Å². The summed E-state index contributed by atoms with van der Waals surface area (Å²) in [6, 6.07) is 8.03. The highest BCUT2D eigenvalue weighted by Crippen LogP contribution is 2.23. The van der Waals surface area contributed by atoms with Gasteiger partial charge in [-0.15, -0.1) is 11.8 Å². The van der Waals surface area contributed by atoms with E-state index in [1.807, 2.05) is 31.2 Å². The lowest BCUT2D eigenvalue weighted by Crippen LogP contribution is -2.17. The Morgan fingerprint density at radius 3 is 2.75 bits per heavy atom. The molecule has 0 amide bonds. The lowest BCUT2D eigenvalue weighted by molar-refractivity contribution is 0.177. The fraction of sp³-hybridized carbons (Fsp3) is 0.500. The van der Waals surface area contributed by atoms with Crippen LogP contribution in [-0.4, -0.2) is 18.7 Å². The van der Waals surface area contributed by atoms with Gasteiger partial charge in [-0.1, -0.05) is 19.1 Å². The van der Waals surface area contributed by atoms with Gasteiger partial charge in [0.15, 0.2) is 0 Å². The van der Waals surface area contributed by atoms with Crippen LogP contribution in [0.3, 0.4) is 0 Å². The molecule has 1 aromatic rings. The van der Waals surface area contributed by atoms with E-state index < -0.39 is 6.43 Å². The first-order chi connectivity index (χ1) is 7.63. The van der Waals surface area contributed by atoms with Gasteiger partial charge in [0.1, 0.15) is 0 Å². The third-order valence-electron chi connectivity index (χ3n) is 2.24. The van der Waals surface area contributed by atoms with Gasteiger partial charge in [0.25, 0.3) is 0 Å². The van der Waals surface area contributed by atoms with Crippen molar-refractivity contribution in [2.45, 2.75) is 31.2 Å². The van der Waals surface area contributed by atoms with Crippen LogP contribution in [0.5, 0.6) is 0 Å². The number of nitrogens with one attached hydrogen (secondary N) is 1. The van der Waals surface area contributed by atoms with E-state index in [1.165, 1.54) is 11.8 Å². The first-order valence-corrected chi connectivity index (χ1v) is 6.36. The van der Waals surface area contributed by atoms with Crippen molar-refractivity contribution in [3.8, 4) is 0 Å². The first-order valence-electron chi connectivity index (χ1n) is 5.37. The molecule has 1 atom stereocenters. The van der Waals surface area contributed by atoms with Crippen molar-refractivity contribution in [3.63, 3.8) is 0 Å². The second-order valence-corrected chi connectivity index (χ2v) is 4.65. The molecule has 1 unspecified atom stereocenters. The highest BCUT2D eigenvalue weighted by molar-refractivity contribution is 7.99. The smallest absolute Gasteiger partial charge is 0.247 e. The molecule has 1 N–H and O–H groups in total. The highest BCUT2D eigenvalue weighted by atomic mass is 32.2. The first kappa shape index (κ1) is 13.5. The predicted octanol–water partition coefficient (Wildman–Crippen LogP) is 3.71. The molecule has 0 aliphatic heterocycles. The number of hydrogen-bond donors (Lipinski definition) is 1. The molecule has 0 saturated heterocycles. The normalized spacial score (nSPS) is 13.1. The molecule has 4 heteroatoms. The zero-order valence-corrected chi connectivity index (χ0v) is 10.4. The van der Waals surface area contributed by atoms with Gasteiger partial charge in [-0.25, -0.2) is 8.78 Å². The maximum absolute atomic E-state index is 12.1. The van der Waals surface area contributed by atoms with Crippen LogP contribution in [0.2, 0.25) is 0 Å². The van der Waals surface area contributed by atoms with Crippen molar-refractivity contribution in [2.75, 3.05) is 12.3 Å². The Kier molecular flexibility index (Phi) is 5.77. The van der Waals surface area contributed by atoms with E-state index in [2.05, 4.69) is 12.2 Å². The third-order valence-corrected chi connectivity index (χ3v) is 3.25. The van der Waals surface area contributed by atoms with Crippen LogP contribution >= 0.6 is 11.8 Å². The molecule has 1 rings (SSSR count). The summed E-state index contributed by atoms with van der Waals surface area (Å²) < 4.78 is 24.1. The van der Waals surface area contributed by atoms with E-state index in [-0.39, 0.29) is 11.8 Å². The zero-order chi connectivity index (χ0) is 12.0. The third kappa shape index (κ3) is 4.49. The minimum absolute atomic E-state index is 0.140. The van der Waals surface area contributed by atoms with Crippen LogP contribution < -0.4 is 5.32 Å². The van der Waals surface area contributed by atoms with Gasteiger partial charge in [0.2, 0.25) is 6.43 Å². The van der Waals surface area contributed by atoms with Crippen LogP contribution in [0.15, 0.2) is 29.2 Å². The average Bonchev–Trinajstić information content (AvgIpc) is 2.27. The lowest BCUT2D eigenvalue weighted by atomic mass is 10.1. The van der Waals surface area contributed by atoms with Gasteiger partial charge >= 0.3 is 0 Å². The van der Waals surface area contributed by atoms with Crippen molar-refractivity contribution in [3.05, 3.63) is 29.8 Å². The van der Waals surface area contributed by atoms with Crippen LogP contribution in [-0.2, 0) is 0 Å². The molecule has 16 heavy (non-hydrogen) atoms. The Morgan fingerprint density at radius 1 is 1.38 bits per heavy atom. The summed E-state index contributed by atoms with van der Waals surface area (Å²) in [5.41, 5.74) is 1.14. The number of halogens is 2. The maximum atomic E-state index is 12.1. The van der Waals surface area contributed by atoms with Crippen LogP contribution in [0.4, 0.5) is 8.78 Å². The van der Waals surface area contributed by atoms with Gasteiger partial charge in [-0.05, 0) is 31.2 Å². The standard InChI is InChI=1S/C12H17F2NS/c1-3-15-9(2)10-5-4-6-11(7-10)16-8-12(13)14/h4-7,9,12,15H,3,8H2,1-2H3. The predicted molar refractivity (Wildman–Crippen MR) is 65.3 cm³/mol. The molecule has 0 saturated carbocycles. The molecular formula is C12H17F2NS. The van der Waals surface area contributed by atoms with E-state index in [9.17, 15) is 8.78 Å². The zero-order valence-electron chi connectivity index (χ0n) is 9.54. The van der Waals surface area contributed by atoms with Crippen LogP contribution in [0.25, 0.3) is 0 Å². The molecule has 0 fully saturated rings. The summed E-state index contributed by atoms with van der Waals surface area (Å²) in [5.74, 6) is -0.140. The molecular weight excluding hydrogens is 228 g/mol. The highest BCUT2D eigenvalue weighted by Gasteiger charge is 2.07. The van der Waals surface area contributed by atoms with Gasteiger partial charge in [-0.2, -0.15) is 0 Å². The van der Waals surface area contributed by atoms with Crippen LogP contribution in [0, 0.1) is 0 Å². The van der Waals surface area contributed by atoms with E-state index >= 15 is 0 Å². The Balaban J connectivity index is 2.63. The fourth-order valence-corrected chi connectivity index (χ4v) is 2.17. The molecule has 0 aromatic heterocycles. The van der Waals surface area contributed by atoms with Gasteiger partial charge in [-0.3, -0.25) is 0 Å². The van der Waals surface area contributed by atoms with Gasteiger partial charge in [0, 0.05) is 10.9 Å². The molecule has 1 nitrogen and oxygen atoms in total. The van der Waals surface area contributed by atoms with E-state index in [0.717, 1.165) is 17.0 Å². The van der Waals surface area contributed by atoms with Crippen LogP contribution in [0.1, 0.15) is 25.5 Å². The quantitative estimate of drug-likeness (QED) is 0.767.